The van der Waals surface area contributed by atoms with Crippen molar-refractivity contribution in [1.29, 1.82) is 0 Å². The highest BCUT2D eigenvalue weighted by Gasteiger charge is 0.932. The molecule has 2 nitrogen and oxygen atoms in total. The largest absolute Gasteiger partial charge is 0.412 e. The molecule has 2 heteroatoms. The monoisotopic (exact) mass is 65.1 g/mol. The normalized spacial score (nSPS) is 1.50. The summed E-state index contributed by atoms with van der Waals surface area (Å²) in [6, 6.07) is 0. The van der Waals surface area contributed by atoms with Gasteiger partial charge in [0.15, 0.2) is 0 Å². The second-order valence-electron chi connectivity index (χ2n) is 0. The lowest BCUT2D eigenvalue weighted by molar-refractivity contribution is 0.824. The van der Waals surface area contributed by atoms with Crippen LogP contribution in [-0.2, 0) is 0 Å². The molecule has 0 saturated carbocycles. The van der Waals surface area contributed by atoms with Crippen LogP contribution >= 0.6 is 0 Å². The summed E-state index contributed by atoms with van der Waals surface area (Å²) in [5.41, 5.74) is 0. The van der Waals surface area contributed by atoms with E-state index >= 15 is 0 Å². The zero-order valence-electron chi connectivity index (χ0n) is 3.21. The molecule has 0 atom stereocenters. The molecule has 0 heterocycles. The van der Waals surface area contributed by atoms with Crippen molar-refractivity contribution in [2.45, 2.75) is 13.8 Å². The van der Waals surface area contributed by atoms with Gasteiger partial charge in [-0.15, -0.1) is 0 Å². The Labute approximate surface area is 26.7 Å². The highest BCUT2D eigenvalue weighted by Crippen LogP contribution is 1.14. The summed E-state index contributed by atoms with van der Waals surface area (Å²) >= 11 is 0. The summed E-state index contributed by atoms with van der Waals surface area (Å²) in [4.78, 5) is 0. The molecule has 0 aliphatic carbocycles. The quantitative estimate of drug-likeness (QED) is 0.435. The van der Waals surface area contributed by atoms with Gasteiger partial charge in [-0.1, -0.05) is 13.8 Å². The summed E-state index contributed by atoms with van der Waals surface area (Å²) in [5, 5.41) is 0. The highest BCUT2D eigenvalue weighted by molar-refractivity contribution is 3.50. The smallest absolute Gasteiger partial charge is 0.0683 e. The fourth-order valence-corrected chi connectivity index (χ4v) is 0. The van der Waals surface area contributed by atoms with Crippen molar-refractivity contribution in [2.75, 3.05) is 0 Å². The third-order valence-electron chi connectivity index (χ3n) is 0. The Balaban J connectivity index is -0.00000000500. The van der Waals surface area contributed by atoms with E-state index in [1.54, 1.807) is 0 Å². The molecule has 30 valence electrons. The van der Waals surface area contributed by atoms with Gasteiger partial charge >= 0.3 is 0 Å². The maximum absolute atomic E-state index is 2.00. The maximum Gasteiger partial charge on any atom is -0.0683 e. The third kappa shape index (κ3) is 254. The van der Waals surface area contributed by atoms with E-state index in [9.17, 15) is 0 Å². The molecular weight excluding hydrogens is 54.0 g/mol. The van der Waals surface area contributed by atoms with Crippen LogP contribution in [0.5, 0.6) is 0 Å². The minimum Gasteiger partial charge on any atom is -0.412 e. The standard InChI is InChI=1S/C2H6.H3N.H2O/c1-2;;/h1-2H3;1H3;1H2. The molecule has 0 radical (unpaired) electrons. The molecule has 0 saturated heterocycles. The predicted octanol–water partition coefficient (Wildman–Crippen LogP) is 0.363. The van der Waals surface area contributed by atoms with Crippen molar-refractivity contribution in [3.63, 3.8) is 0 Å². The molecule has 0 aromatic rings. The first kappa shape index (κ1) is 39.5. The molecule has 0 unspecified atom stereocenters. The summed E-state index contributed by atoms with van der Waals surface area (Å²) in [5.74, 6) is 0. The first-order valence-corrected chi connectivity index (χ1v) is 1.00. The van der Waals surface area contributed by atoms with Gasteiger partial charge in [0.05, 0.1) is 0 Å². The molecule has 0 amide bonds. The molecular formula is C2H11NO. The van der Waals surface area contributed by atoms with E-state index in [4.69, 9.17) is 0 Å². The van der Waals surface area contributed by atoms with Gasteiger partial charge in [0.1, 0.15) is 0 Å². The Bertz CT molecular complexity index is 6.00. The minimum atomic E-state index is 0. The summed E-state index contributed by atoms with van der Waals surface area (Å²) in [6.45, 7) is 4.00. The molecule has 0 aliphatic heterocycles. The van der Waals surface area contributed by atoms with Crippen molar-refractivity contribution in [3.05, 3.63) is 0 Å². The van der Waals surface area contributed by atoms with Gasteiger partial charge < -0.3 is 11.6 Å². The van der Waals surface area contributed by atoms with Crippen molar-refractivity contribution >= 4 is 0 Å². The van der Waals surface area contributed by atoms with Gasteiger partial charge in [0.2, 0.25) is 0 Å². The molecule has 5 N–H and O–H groups in total. The topological polar surface area (TPSA) is 66.5 Å². The minimum absolute atomic E-state index is 0. The van der Waals surface area contributed by atoms with Crippen LogP contribution in [0.1, 0.15) is 13.8 Å². The zero-order valence-corrected chi connectivity index (χ0v) is 3.21. The van der Waals surface area contributed by atoms with E-state index in [1.165, 1.54) is 0 Å². The summed E-state index contributed by atoms with van der Waals surface area (Å²) in [7, 11) is 0. The van der Waals surface area contributed by atoms with Gasteiger partial charge in [-0.3, -0.25) is 0 Å². The van der Waals surface area contributed by atoms with E-state index < -0.39 is 0 Å². The maximum atomic E-state index is 2.00. The van der Waals surface area contributed by atoms with Crippen LogP contribution < -0.4 is 6.15 Å². The molecule has 0 rings (SSSR count). The lowest BCUT2D eigenvalue weighted by Gasteiger charge is -1.07. The number of hydrogen-bond donors (Lipinski definition) is 1. The van der Waals surface area contributed by atoms with Gasteiger partial charge in [0.25, 0.3) is 0 Å². The van der Waals surface area contributed by atoms with Crippen LogP contribution in [-0.4, -0.2) is 5.48 Å². The van der Waals surface area contributed by atoms with Crippen molar-refractivity contribution in [3.8, 4) is 0 Å². The van der Waals surface area contributed by atoms with E-state index in [0.717, 1.165) is 0 Å². The SMILES string of the molecule is CC.N.O. The van der Waals surface area contributed by atoms with Gasteiger partial charge in [-0.05, 0) is 0 Å². The van der Waals surface area contributed by atoms with Crippen LogP contribution in [0.4, 0.5) is 0 Å². The van der Waals surface area contributed by atoms with Gasteiger partial charge in [-0.2, -0.15) is 0 Å². The first-order chi connectivity index (χ1) is 1.00. The lowest BCUT2D eigenvalue weighted by Crippen LogP contribution is -0.856. The van der Waals surface area contributed by atoms with Crippen molar-refractivity contribution < 1.29 is 5.48 Å². The Morgan fingerprint density at radius 1 is 1.00 bits per heavy atom. The molecule has 4 heavy (non-hydrogen) atoms. The van der Waals surface area contributed by atoms with Crippen LogP contribution in [0.2, 0.25) is 0 Å². The van der Waals surface area contributed by atoms with E-state index in [2.05, 4.69) is 0 Å². The Morgan fingerprint density at radius 2 is 1.00 bits per heavy atom. The highest BCUT2D eigenvalue weighted by atomic mass is 16.0. The molecule has 0 bridgehead atoms. The third-order valence-corrected chi connectivity index (χ3v) is 0. The van der Waals surface area contributed by atoms with Gasteiger partial charge in [0, 0.05) is 0 Å². The van der Waals surface area contributed by atoms with Gasteiger partial charge in [-0.25, -0.2) is 0 Å². The molecule has 0 aliphatic rings. The lowest BCUT2D eigenvalue weighted by atomic mass is 11.0. The van der Waals surface area contributed by atoms with E-state index in [-0.39, 0.29) is 11.6 Å². The second kappa shape index (κ2) is 1680. The van der Waals surface area contributed by atoms with Crippen LogP contribution in [0.25, 0.3) is 0 Å². The summed E-state index contributed by atoms with van der Waals surface area (Å²) in [6.07, 6.45) is 0. The fraction of sp³-hybridized carbons (Fsp3) is 1.00. The van der Waals surface area contributed by atoms with E-state index in [1.807, 2.05) is 13.8 Å². The Hall–Kier alpha value is -0.0800. The Kier molecular flexibility index (Phi) is 16600. The molecule has 0 spiro atoms. The second-order valence-corrected chi connectivity index (χ2v) is 0. The molecule has 0 aromatic heterocycles. The predicted molar refractivity (Wildman–Crippen MR) is 20.0 cm³/mol. The zero-order chi connectivity index (χ0) is 2.00. The van der Waals surface area contributed by atoms with Crippen LogP contribution in [0.15, 0.2) is 0 Å². The van der Waals surface area contributed by atoms with Crippen LogP contribution in [0.3, 0.4) is 0 Å². The number of hydrogen-bond acceptors (Lipinski definition) is 1. The average Bonchev–Trinajstić information content (AvgIpc) is 1.00. The molecule has 0 fully saturated rings. The fourth-order valence-electron chi connectivity index (χ4n) is 0. The number of rotatable bonds is 0. The first-order valence-electron chi connectivity index (χ1n) is 1.00. The Morgan fingerprint density at radius 3 is 1.00 bits per heavy atom. The average molecular weight is 65.1 g/mol. The molecule has 0 aromatic carbocycles. The van der Waals surface area contributed by atoms with E-state index in [0.29, 0.717) is 0 Å². The van der Waals surface area contributed by atoms with Crippen molar-refractivity contribution in [2.24, 2.45) is 0 Å². The summed E-state index contributed by atoms with van der Waals surface area (Å²) < 4.78 is 0. The van der Waals surface area contributed by atoms with Crippen LogP contribution in [0, 0.1) is 0 Å². The van der Waals surface area contributed by atoms with Crippen molar-refractivity contribution in [1.82, 2.24) is 6.15 Å².